The minimum absolute atomic E-state index is 0.444. The molecule has 0 bridgehead atoms. The lowest BCUT2D eigenvalue weighted by Crippen LogP contribution is -2.51. The molecule has 23 heavy (non-hydrogen) atoms. The van der Waals surface area contributed by atoms with Crippen molar-refractivity contribution >= 4 is 11.9 Å². The molecule has 0 saturated carbocycles. The van der Waals surface area contributed by atoms with E-state index in [0.29, 0.717) is 12.8 Å². The van der Waals surface area contributed by atoms with E-state index in [2.05, 4.69) is 6.58 Å². The van der Waals surface area contributed by atoms with Gasteiger partial charge in [-0.3, -0.25) is 4.79 Å². The SMILES string of the molecule is C=C[C@@H](CCCCC)[C@H](NC(=O)C(F)(F)F)C(=O)OC(C)(C)C. The minimum Gasteiger partial charge on any atom is -0.458 e. The Bertz CT molecular complexity index is 414. The second-order valence-corrected chi connectivity index (χ2v) is 6.38. The molecule has 0 saturated heterocycles. The Morgan fingerprint density at radius 3 is 2.17 bits per heavy atom. The Kier molecular flexibility index (Phi) is 8.34. The van der Waals surface area contributed by atoms with Crippen molar-refractivity contribution in [1.29, 1.82) is 0 Å². The molecule has 1 amide bonds. The number of rotatable bonds is 8. The van der Waals surface area contributed by atoms with Crippen molar-refractivity contribution in [1.82, 2.24) is 5.32 Å². The van der Waals surface area contributed by atoms with E-state index in [1.807, 2.05) is 6.92 Å². The zero-order valence-electron chi connectivity index (χ0n) is 14.1. The summed E-state index contributed by atoms with van der Waals surface area (Å²) < 4.78 is 42.6. The monoisotopic (exact) mass is 337 g/mol. The van der Waals surface area contributed by atoms with Crippen molar-refractivity contribution in [2.24, 2.45) is 5.92 Å². The summed E-state index contributed by atoms with van der Waals surface area (Å²) in [7, 11) is 0. The molecule has 0 aliphatic rings. The van der Waals surface area contributed by atoms with Crippen LogP contribution in [0.25, 0.3) is 0 Å². The third-order valence-corrected chi connectivity index (χ3v) is 3.08. The van der Waals surface area contributed by atoms with Crippen LogP contribution in [0.5, 0.6) is 0 Å². The molecule has 2 atom stereocenters. The van der Waals surface area contributed by atoms with E-state index in [1.54, 1.807) is 26.1 Å². The van der Waals surface area contributed by atoms with Gasteiger partial charge in [-0.2, -0.15) is 13.2 Å². The Morgan fingerprint density at radius 2 is 1.78 bits per heavy atom. The Morgan fingerprint density at radius 1 is 1.22 bits per heavy atom. The minimum atomic E-state index is -5.06. The molecule has 134 valence electrons. The van der Waals surface area contributed by atoms with E-state index in [9.17, 15) is 22.8 Å². The summed E-state index contributed by atoms with van der Waals surface area (Å²) in [5.41, 5.74) is -0.868. The lowest BCUT2D eigenvalue weighted by atomic mass is 9.93. The van der Waals surface area contributed by atoms with Crippen LogP contribution in [0.15, 0.2) is 12.7 Å². The van der Waals surface area contributed by atoms with Crippen molar-refractivity contribution in [3.63, 3.8) is 0 Å². The average molecular weight is 337 g/mol. The molecule has 4 nitrogen and oxygen atoms in total. The number of amides is 1. The summed E-state index contributed by atoms with van der Waals surface area (Å²) in [4.78, 5) is 23.4. The van der Waals surface area contributed by atoms with E-state index in [0.717, 1.165) is 12.8 Å². The number of carbonyl (C=O) groups is 2. The summed E-state index contributed by atoms with van der Waals surface area (Å²) in [6.07, 6.45) is -0.710. The fourth-order valence-corrected chi connectivity index (χ4v) is 1.98. The number of esters is 1. The van der Waals surface area contributed by atoms with Crippen molar-refractivity contribution in [2.45, 2.75) is 71.2 Å². The first-order valence-electron chi connectivity index (χ1n) is 7.65. The first kappa shape index (κ1) is 21.5. The largest absolute Gasteiger partial charge is 0.471 e. The summed E-state index contributed by atoms with van der Waals surface area (Å²) in [5.74, 6) is -3.67. The van der Waals surface area contributed by atoms with Gasteiger partial charge in [-0.1, -0.05) is 32.3 Å². The normalized spacial score (nSPS) is 14.7. The predicted octanol–water partition coefficient (Wildman–Crippen LogP) is 3.76. The Hall–Kier alpha value is -1.53. The predicted molar refractivity (Wildman–Crippen MR) is 81.7 cm³/mol. The highest BCUT2D eigenvalue weighted by Gasteiger charge is 2.43. The number of hydrogen-bond donors (Lipinski definition) is 1. The van der Waals surface area contributed by atoms with Gasteiger partial charge in [0.2, 0.25) is 0 Å². The van der Waals surface area contributed by atoms with Crippen molar-refractivity contribution in [3.05, 3.63) is 12.7 Å². The van der Waals surface area contributed by atoms with Crippen molar-refractivity contribution < 1.29 is 27.5 Å². The van der Waals surface area contributed by atoms with E-state index in [1.165, 1.54) is 6.08 Å². The maximum Gasteiger partial charge on any atom is 0.471 e. The number of carbonyl (C=O) groups excluding carboxylic acids is 2. The first-order valence-corrected chi connectivity index (χ1v) is 7.65. The molecule has 0 rings (SSSR count). The molecule has 0 spiro atoms. The summed E-state index contributed by atoms with van der Waals surface area (Å²) in [6.45, 7) is 10.4. The lowest BCUT2D eigenvalue weighted by Gasteiger charge is -2.28. The summed E-state index contributed by atoms with van der Waals surface area (Å²) in [6, 6.07) is -1.40. The van der Waals surface area contributed by atoms with Crippen molar-refractivity contribution in [3.8, 4) is 0 Å². The van der Waals surface area contributed by atoms with Gasteiger partial charge < -0.3 is 10.1 Å². The van der Waals surface area contributed by atoms with Crippen LogP contribution in [-0.2, 0) is 14.3 Å². The first-order chi connectivity index (χ1) is 10.4. The number of unbranched alkanes of at least 4 members (excludes halogenated alkanes) is 2. The second-order valence-electron chi connectivity index (χ2n) is 6.38. The molecule has 0 radical (unpaired) electrons. The Labute approximate surface area is 135 Å². The molecular formula is C16H26F3NO3. The summed E-state index contributed by atoms with van der Waals surface area (Å²) >= 11 is 0. The van der Waals surface area contributed by atoms with Gasteiger partial charge in [0.25, 0.3) is 0 Å². The maximum absolute atomic E-state index is 12.5. The van der Waals surface area contributed by atoms with Gasteiger partial charge in [0, 0.05) is 5.92 Å². The molecule has 0 aliphatic carbocycles. The highest BCUT2D eigenvalue weighted by Crippen LogP contribution is 2.21. The Balaban J connectivity index is 5.21. The van der Waals surface area contributed by atoms with Crippen LogP contribution in [0, 0.1) is 5.92 Å². The molecule has 0 aliphatic heterocycles. The zero-order chi connectivity index (χ0) is 18.3. The number of alkyl halides is 3. The molecule has 0 unspecified atom stereocenters. The average Bonchev–Trinajstić information content (AvgIpc) is 2.38. The van der Waals surface area contributed by atoms with Crippen molar-refractivity contribution in [2.75, 3.05) is 0 Å². The molecule has 0 heterocycles. The van der Waals surface area contributed by atoms with Gasteiger partial charge in [-0.25, -0.2) is 4.79 Å². The number of ether oxygens (including phenoxy) is 1. The van der Waals surface area contributed by atoms with Gasteiger partial charge >= 0.3 is 18.1 Å². The standard InChI is InChI=1S/C16H26F3NO3/c1-6-8-9-10-11(7-2)12(13(21)23-15(3,4)5)20-14(22)16(17,18)19/h7,11-12H,2,6,8-10H2,1,3-5H3,(H,20,22)/t11-,12-/m0/s1. The van der Waals surface area contributed by atoms with Crippen LogP contribution in [0.4, 0.5) is 13.2 Å². The maximum atomic E-state index is 12.5. The third-order valence-electron chi connectivity index (χ3n) is 3.08. The number of nitrogens with one attached hydrogen (secondary N) is 1. The molecule has 0 fully saturated rings. The lowest BCUT2D eigenvalue weighted by molar-refractivity contribution is -0.177. The fourth-order valence-electron chi connectivity index (χ4n) is 1.98. The second kappa shape index (κ2) is 8.93. The number of halogens is 3. The van der Waals surface area contributed by atoms with Crippen LogP contribution in [0.3, 0.4) is 0 Å². The van der Waals surface area contributed by atoms with E-state index < -0.39 is 35.6 Å². The molecular weight excluding hydrogens is 311 g/mol. The fraction of sp³-hybridized carbons (Fsp3) is 0.750. The smallest absolute Gasteiger partial charge is 0.458 e. The highest BCUT2D eigenvalue weighted by molar-refractivity contribution is 5.88. The highest BCUT2D eigenvalue weighted by atomic mass is 19.4. The van der Waals surface area contributed by atoms with Crippen LogP contribution in [0.2, 0.25) is 0 Å². The third kappa shape index (κ3) is 8.62. The molecule has 7 heteroatoms. The van der Waals surface area contributed by atoms with E-state index in [4.69, 9.17) is 4.74 Å². The number of hydrogen-bond acceptors (Lipinski definition) is 3. The zero-order valence-corrected chi connectivity index (χ0v) is 14.1. The van der Waals surface area contributed by atoms with Gasteiger partial charge in [0.15, 0.2) is 0 Å². The molecule has 1 N–H and O–H groups in total. The van der Waals surface area contributed by atoms with Gasteiger partial charge in [0.1, 0.15) is 11.6 Å². The topological polar surface area (TPSA) is 55.4 Å². The van der Waals surface area contributed by atoms with E-state index >= 15 is 0 Å². The van der Waals surface area contributed by atoms with Crippen LogP contribution < -0.4 is 5.32 Å². The molecule has 0 aromatic carbocycles. The molecule has 0 aromatic rings. The van der Waals surface area contributed by atoms with Crippen LogP contribution in [-0.4, -0.2) is 29.7 Å². The van der Waals surface area contributed by atoms with Crippen LogP contribution in [0.1, 0.15) is 53.4 Å². The quantitative estimate of drug-likeness (QED) is 0.417. The van der Waals surface area contributed by atoms with Gasteiger partial charge in [0.05, 0.1) is 0 Å². The van der Waals surface area contributed by atoms with E-state index in [-0.39, 0.29) is 0 Å². The van der Waals surface area contributed by atoms with Gasteiger partial charge in [-0.15, -0.1) is 6.58 Å². The van der Waals surface area contributed by atoms with Crippen LogP contribution >= 0.6 is 0 Å². The molecule has 0 aromatic heterocycles. The summed E-state index contributed by atoms with van der Waals surface area (Å²) in [5, 5.41) is 1.75. The van der Waals surface area contributed by atoms with Gasteiger partial charge in [-0.05, 0) is 27.2 Å².